The van der Waals surface area contributed by atoms with E-state index >= 15 is 0 Å². The fraction of sp³-hybridized carbons (Fsp3) is 0.280. The van der Waals surface area contributed by atoms with Gasteiger partial charge in [0.25, 0.3) is 5.91 Å². The molecule has 162 valence electrons. The maximum absolute atomic E-state index is 13.0. The van der Waals surface area contributed by atoms with Gasteiger partial charge < -0.3 is 4.57 Å². The van der Waals surface area contributed by atoms with Crippen molar-refractivity contribution in [3.8, 4) is 11.3 Å². The molecule has 3 heterocycles. The first-order valence-electron chi connectivity index (χ1n) is 10.9. The predicted molar refractivity (Wildman–Crippen MR) is 129 cm³/mol. The average Bonchev–Trinajstić information content (AvgIpc) is 3.27. The van der Waals surface area contributed by atoms with E-state index in [0.29, 0.717) is 22.7 Å². The van der Waals surface area contributed by atoms with Crippen LogP contribution in [0, 0.1) is 6.92 Å². The van der Waals surface area contributed by atoms with Gasteiger partial charge in [-0.15, -0.1) is 11.3 Å². The number of thiazole rings is 1. The topological polar surface area (TPSA) is 76.9 Å². The van der Waals surface area contributed by atoms with Crippen LogP contribution < -0.4 is 10.7 Å². The van der Waals surface area contributed by atoms with Gasteiger partial charge in [0, 0.05) is 29.4 Å². The van der Waals surface area contributed by atoms with E-state index in [9.17, 15) is 9.59 Å². The Bertz CT molecular complexity index is 1400. The fourth-order valence-corrected chi connectivity index (χ4v) is 5.00. The first-order valence-corrected chi connectivity index (χ1v) is 11.8. The number of rotatable bonds is 4. The highest BCUT2D eigenvalue weighted by atomic mass is 32.1. The molecule has 1 aliphatic carbocycles. The number of hydrogen-bond acceptors (Lipinski definition) is 5. The fourth-order valence-electron chi connectivity index (χ4n) is 4.28. The summed E-state index contributed by atoms with van der Waals surface area (Å²) < 4.78 is 1.83. The van der Waals surface area contributed by atoms with Gasteiger partial charge in [-0.3, -0.25) is 14.9 Å². The van der Waals surface area contributed by atoms with Crippen LogP contribution in [0.15, 0.2) is 46.7 Å². The number of aryl methyl sites for hydroxylation is 4. The maximum Gasteiger partial charge on any atom is 0.262 e. The number of aromatic nitrogens is 3. The number of nitrogens with one attached hydrogen (secondary N) is 1. The summed E-state index contributed by atoms with van der Waals surface area (Å²) >= 11 is 1.36. The lowest BCUT2D eigenvalue weighted by Crippen LogP contribution is -2.24. The van der Waals surface area contributed by atoms with Gasteiger partial charge in [0.15, 0.2) is 5.13 Å². The second kappa shape index (κ2) is 8.31. The molecule has 0 fully saturated rings. The average molecular weight is 445 g/mol. The SMILES string of the molecule is CCn1cc(C(=O)Nc2nc(-c3ccc4c(c3)CCCC4)cs2)c(=O)c2ccc(C)nc21. The van der Waals surface area contributed by atoms with Crippen LogP contribution in [0.1, 0.15) is 46.9 Å². The highest BCUT2D eigenvalue weighted by Crippen LogP contribution is 2.29. The van der Waals surface area contributed by atoms with Crippen LogP contribution in [-0.2, 0) is 19.4 Å². The molecule has 4 aromatic rings. The van der Waals surface area contributed by atoms with Gasteiger partial charge in [-0.2, -0.15) is 0 Å². The van der Waals surface area contributed by atoms with Crippen LogP contribution >= 0.6 is 11.3 Å². The first-order chi connectivity index (χ1) is 15.5. The van der Waals surface area contributed by atoms with Crippen LogP contribution in [0.2, 0.25) is 0 Å². The number of carbonyl (C=O) groups excluding carboxylic acids is 1. The summed E-state index contributed by atoms with van der Waals surface area (Å²) in [5, 5.41) is 5.68. The molecular weight excluding hydrogens is 420 g/mol. The highest BCUT2D eigenvalue weighted by Gasteiger charge is 2.18. The first kappa shape index (κ1) is 20.6. The number of benzene rings is 1. The van der Waals surface area contributed by atoms with E-state index in [2.05, 4.69) is 33.5 Å². The lowest BCUT2D eigenvalue weighted by molar-refractivity contribution is 0.102. The number of amides is 1. The minimum absolute atomic E-state index is 0.0931. The van der Waals surface area contributed by atoms with E-state index in [1.54, 1.807) is 18.3 Å². The molecule has 32 heavy (non-hydrogen) atoms. The van der Waals surface area contributed by atoms with Crippen molar-refractivity contribution in [2.45, 2.75) is 46.1 Å². The van der Waals surface area contributed by atoms with E-state index in [-0.39, 0.29) is 11.0 Å². The maximum atomic E-state index is 13.0. The van der Waals surface area contributed by atoms with Crippen LogP contribution in [-0.4, -0.2) is 20.4 Å². The van der Waals surface area contributed by atoms with Crippen molar-refractivity contribution in [1.29, 1.82) is 0 Å². The number of hydrogen-bond donors (Lipinski definition) is 1. The van der Waals surface area contributed by atoms with Crippen LogP contribution in [0.3, 0.4) is 0 Å². The summed E-state index contributed by atoms with van der Waals surface area (Å²) in [4.78, 5) is 35.0. The summed E-state index contributed by atoms with van der Waals surface area (Å²) in [5.41, 5.74) is 5.92. The summed E-state index contributed by atoms with van der Waals surface area (Å²) in [7, 11) is 0. The molecule has 0 unspecified atom stereocenters. The summed E-state index contributed by atoms with van der Waals surface area (Å²) in [5.74, 6) is -0.453. The second-order valence-corrected chi connectivity index (χ2v) is 9.02. The molecule has 1 aliphatic rings. The number of fused-ring (bicyclic) bond motifs is 2. The molecular formula is C25H24N4O2S. The minimum Gasteiger partial charge on any atom is -0.332 e. The summed E-state index contributed by atoms with van der Waals surface area (Å²) in [6.45, 7) is 4.45. The normalized spacial score (nSPS) is 13.2. The molecule has 3 aromatic heterocycles. The Hall–Kier alpha value is -3.32. The van der Waals surface area contributed by atoms with Crippen molar-refractivity contribution >= 4 is 33.4 Å². The molecule has 0 bridgehead atoms. The third-order valence-electron chi connectivity index (χ3n) is 6.01. The Kier molecular flexibility index (Phi) is 5.35. The van der Waals surface area contributed by atoms with Crippen LogP contribution in [0.5, 0.6) is 0 Å². The van der Waals surface area contributed by atoms with Crippen molar-refractivity contribution < 1.29 is 4.79 Å². The zero-order chi connectivity index (χ0) is 22.2. The number of carbonyl (C=O) groups is 1. The quantitative estimate of drug-likeness (QED) is 0.482. The Balaban J connectivity index is 1.43. The third-order valence-corrected chi connectivity index (χ3v) is 6.77. The van der Waals surface area contributed by atoms with Crippen molar-refractivity contribution in [2.75, 3.05) is 5.32 Å². The molecule has 5 rings (SSSR count). The Morgan fingerprint density at radius 1 is 1.12 bits per heavy atom. The van der Waals surface area contributed by atoms with Gasteiger partial charge in [-0.25, -0.2) is 9.97 Å². The van der Waals surface area contributed by atoms with E-state index in [0.717, 1.165) is 29.8 Å². The molecule has 1 N–H and O–H groups in total. The third kappa shape index (κ3) is 3.73. The number of nitrogens with zero attached hydrogens (tertiary/aromatic N) is 3. The second-order valence-electron chi connectivity index (χ2n) is 8.16. The molecule has 1 aromatic carbocycles. The van der Waals surface area contributed by atoms with Gasteiger partial charge in [-0.05, 0) is 68.9 Å². The summed E-state index contributed by atoms with van der Waals surface area (Å²) in [6.07, 6.45) is 6.32. The van der Waals surface area contributed by atoms with Crippen LogP contribution in [0.4, 0.5) is 5.13 Å². The van der Waals surface area contributed by atoms with E-state index in [1.165, 1.54) is 35.3 Å². The largest absolute Gasteiger partial charge is 0.332 e. The van der Waals surface area contributed by atoms with Crippen molar-refractivity contribution in [3.63, 3.8) is 0 Å². The molecule has 1 amide bonds. The lowest BCUT2D eigenvalue weighted by atomic mass is 9.90. The molecule has 0 aliphatic heterocycles. The molecule has 0 saturated heterocycles. The Labute approximate surface area is 190 Å². The van der Waals surface area contributed by atoms with Gasteiger partial charge in [-0.1, -0.05) is 12.1 Å². The van der Waals surface area contributed by atoms with Crippen molar-refractivity contribution in [2.24, 2.45) is 0 Å². The van der Waals surface area contributed by atoms with Gasteiger partial charge in [0.1, 0.15) is 11.2 Å². The monoisotopic (exact) mass is 444 g/mol. The molecule has 0 spiro atoms. The molecule has 0 radical (unpaired) electrons. The Morgan fingerprint density at radius 3 is 2.75 bits per heavy atom. The van der Waals surface area contributed by atoms with E-state index < -0.39 is 5.91 Å². The minimum atomic E-state index is -0.453. The van der Waals surface area contributed by atoms with Crippen molar-refractivity contribution in [1.82, 2.24) is 14.5 Å². The van der Waals surface area contributed by atoms with Gasteiger partial charge in [0.05, 0.1) is 11.1 Å². The predicted octanol–water partition coefficient (Wildman–Crippen LogP) is 4.98. The smallest absolute Gasteiger partial charge is 0.262 e. The van der Waals surface area contributed by atoms with Crippen molar-refractivity contribution in [3.05, 3.63) is 74.5 Å². The van der Waals surface area contributed by atoms with Gasteiger partial charge >= 0.3 is 0 Å². The Morgan fingerprint density at radius 2 is 1.94 bits per heavy atom. The van der Waals surface area contributed by atoms with Gasteiger partial charge in [0.2, 0.25) is 5.43 Å². The number of anilines is 1. The molecule has 6 nitrogen and oxygen atoms in total. The lowest BCUT2D eigenvalue weighted by Gasteiger charge is -2.16. The zero-order valence-electron chi connectivity index (χ0n) is 18.1. The standard InChI is InChI=1S/C25H24N4O2S/c1-3-29-13-20(22(30)19-11-8-15(2)26-23(19)29)24(31)28-25-27-21(14-32-25)18-10-9-16-6-4-5-7-17(16)12-18/h8-14H,3-7H2,1-2H3,(H,27,28,31). The van der Waals surface area contributed by atoms with Crippen LogP contribution in [0.25, 0.3) is 22.3 Å². The number of pyridine rings is 2. The highest BCUT2D eigenvalue weighted by molar-refractivity contribution is 7.14. The molecule has 7 heteroatoms. The molecule has 0 saturated carbocycles. The summed E-state index contributed by atoms with van der Waals surface area (Å²) in [6, 6.07) is 10.0. The van der Waals surface area contributed by atoms with E-state index in [1.807, 2.05) is 23.8 Å². The van der Waals surface area contributed by atoms with E-state index in [4.69, 9.17) is 0 Å². The molecule has 0 atom stereocenters. The zero-order valence-corrected chi connectivity index (χ0v) is 19.0.